The summed E-state index contributed by atoms with van der Waals surface area (Å²) in [6.07, 6.45) is 0. The topological polar surface area (TPSA) is 59.1 Å². The third kappa shape index (κ3) is 4.95. The molecule has 1 aliphatic rings. The van der Waals surface area contributed by atoms with Crippen LogP contribution in [0.5, 0.6) is 0 Å². The van der Waals surface area contributed by atoms with Crippen LogP contribution in [0.4, 0.5) is 0 Å². The van der Waals surface area contributed by atoms with Crippen molar-refractivity contribution in [1.29, 1.82) is 0 Å². The zero-order valence-electron chi connectivity index (χ0n) is 13.2. The fourth-order valence-corrected chi connectivity index (χ4v) is 2.63. The highest BCUT2D eigenvalue weighted by Crippen LogP contribution is 2.16. The first kappa shape index (κ1) is 17.8. The molecule has 0 aliphatic carbocycles. The minimum Gasteiger partial charge on any atom is -0.382 e. The van der Waals surface area contributed by atoms with Gasteiger partial charge in [-0.3, -0.25) is 9.59 Å². The lowest BCUT2D eigenvalue weighted by Crippen LogP contribution is -2.51. The Hall–Kier alpha value is -1.57. The van der Waals surface area contributed by atoms with Gasteiger partial charge in [0.25, 0.3) is 5.91 Å². The van der Waals surface area contributed by atoms with E-state index in [1.165, 1.54) is 0 Å². The summed E-state index contributed by atoms with van der Waals surface area (Å²) in [6, 6.07) is 7.24. The fourth-order valence-electron chi connectivity index (χ4n) is 2.38. The van der Waals surface area contributed by atoms with E-state index >= 15 is 0 Å². The molecule has 2 rings (SSSR count). The zero-order chi connectivity index (χ0) is 16.7. The number of rotatable bonds is 6. The van der Waals surface area contributed by atoms with E-state index in [2.05, 4.69) is 12.6 Å². The Morgan fingerprint density at radius 1 is 1.09 bits per heavy atom. The van der Waals surface area contributed by atoms with Crippen molar-refractivity contribution >= 4 is 24.4 Å². The molecule has 1 fully saturated rings. The molecule has 0 spiro atoms. The lowest BCUT2D eigenvalue weighted by atomic mass is 10.2. The highest BCUT2D eigenvalue weighted by molar-refractivity contribution is 7.80. The Morgan fingerprint density at radius 3 is 2.39 bits per heavy atom. The van der Waals surface area contributed by atoms with E-state index < -0.39 is 0 Å². The van der Waals surface area contributed by atoms with Crippen LogP contribution in [-0.2, 0) is 14.3 Å². The second-order valence-electron chi connectivity index (χ2n) is 5.24. The number of thiol groups is 1. The average molecular weight is 338 g/mol. The standard InChI is InChI=1S/C16H22N2O4S/c1-21-10-11-22-12-15(19)17-6-8-18(9-7-17)16(20)13-4-2-3-5-14(13)23/h2-5,23H,6-12H2,1H3. The molecule has 0 atom stereocenters. The van der Waals surface area contributed by atoms with Gasteiger partial charge in [0, 0.05) is 38.2 Å². The van der Waals surface area contributed by atoms with Crippen molar-refractivity contribution in [3.05, 3.63) is 29.8 Å². The van der Waals surface area contributed by atoms with E-state index in [9.17, 15) is 9.59 Å². The van der Waals surface area contributed by atoms with E-state index in [0.717, 1.165) is 0 Å². The van der Waals surface area contributed by atoms with Gasteiger partial charge in [0.1, 0.15) is 6.61 Å². The minimum absolute atomic E-state index is 0.0426. The average Bonchev–Trinajstić information content (AvgIpc) is 2.58. The Kier molecular flexibility index (Phi) is 6.88. The summed E-state index contributed by atoms with van der Waals surface area (Å²) in [6.45, 7) is 3.00. The Bertz CT molecular complexity index is 545. The number of carbonyl (C=O) groups excluding carboxylic acids is 2. The molecular formula is C16H22N2O4S. The van der Waals surface area contributed by atoms with Gasteiger partial charge in [0.2, 0.25) is 5.91 Å². The van der Waals surface area contributed by atoms with Crippen LogP contribution in [0.2, 0.25) is 0 Å². The SMILES string of the molecule is COCCOCC(=O)N1CCN(C(=O)c2ccccc2S)CC1. The summed E-state index contributed by atoms with van der Waals surface area (Å²) in [5.74, 6) is -0.0955. The molecule has 0 unspecified atom stereocenters. The van der Waals surface area contributed by atoms with Gasteiger partial charge < -0.3 is 19.3 Å². The summed E-state index contributed by atoms with van der Waals surface area (Å²) in [5.41, 5.74) is 0.596. The smallest absolute Gasteiger partial charge is 0.255 e. The van der Waals surface area contributed by atoms with Gasteiger partial charge in [-0.25, -0.2) is 0 Å². The molecule has 1 heterocycles. The Balaban J connectivity index is 1.80. The van der Waals surface area contributed by atoms with E-state index in [-0.39, 0.29) is 18.4 Å². The molecule has 0 N–H and O–H groups in total. The molecule has 0 radical (unpaired) electrons. The van der Waals surface area contributed by atoms with E-state index in [4.69, 9.17) is 9.47 Å². The maximum Gasteiger partial charge on any atom is 0.255 e. The van der Waals surface area contributed by atoms with Crippen molar-refractivity contribution in [2.24, 2.45) is 0 Å². The predicted octanol–water partition coefficient (Wildman–Crippen LogP) is 0.923. The number of hydrogen-bond acceptors (Lipinski definition) is 5. The van der Waals surface area contributed by atoms with Crippen molar-refractivity contribution in [3.63, 3.8) is 0 Å². The molecule has 126 valence electrons. The van der Waals surface area contributed by atoms with Gasteiger partial charge in [0.15, 0.2) is 0 Å². The molecule has 0 aromatic heterocycles. The number of carbonyl (C=O) groups is 2. The van der Waals surface area contributed by atoms with Gasteiger partial charge in [-0.15, -0.1) is 12.6 Å². The first-order chi connectivity index (χ1) is 11.1. The summed E-state index contributed by atoms with van der Waals surface area (Å²) >= 11 is 4.32. The van der Waals surface area contributed by atoms with Crippen LogP contribution in [0, 0.1) is 0 Å². The maximum atomic E-state index is 12.5. The van der Waals surface area contributed by atoms with Crippen LogP contribution >= 0.6 is 12.6 Å². The molecule has 0 saturated carbocycles. The normalized spacial score (nSPS) is 14.9. The first-order valence-corrected chi connectivity index (χ1v) is 8.00. The number of nitrogens with zero attached hydrogens (tertiary/aromatic N) is 2. The number of piperazine rings is 1. The van der Waals surface area contributed by atoms with Crippen LogP contribution in [0.25, 0.3) is 0 Å². The van der Waals surface area contributed by atoms with Crippen LogP contribution in [-0.4, -0.2) is 74.7 Å². The van der Waals surface area contributed by atoms with Crippen LogP contribution in [0.15, 0.2) is 29.2 Å². The third-order valence-electron chi connectivity index (χ3n) is 3.71. The lowest BCUT2D eigenvalue weighted by molar-refractivity contribution is -0.138. The Labute approximate surface area is 141 Å². The van der Waals surface area contributed by atoms with Gasteiger partial charge in [-0.05, 0) is 12.1 Å². The number of ether oxygens (including phenoxy) is 2. The molecular weight excluding hydrogens is 316 g/mol. The largest absolute Gasteiger partial charge is 0.382 e. The maximum absolute atomic E-state index is 12.5. The minimum atomic E-state index is -0.0530. The van der Waals surface area contributed by atoms with Crippen LogP contribution < -0.4 is 0 Å². The van der Waals surface area contributed by atoms with E-state index in [1.807, 2.05) is 12.1 Å². The highest BCUT2D eigenvalue weighted by atomic mass is 32.1. The monoisotopic (exact) mass is 338 g/mol. The molecule has 1 aromatic rings. The van der Waals surface area contributed by atoms with Gasteiger partial charge >= 0.3 is 0 Å². The number of benzene rings is 1. The molecule has 6 nitrogen and oxygen atoms in total. The summed E-state index contributed by atoms with van der Waals surface area (Å²) in [5, 5.41) is 0. The molecule has 1 aromatic carbocycles. The number of amides is 2. The van der Waals surface area contributed by atoms with Crippen molar-refractivity contribution in [1.82, 2.24) is 9.80 Å². The van der Waals surface area contributed by atoms with Crippen molar-refractivity contribution in [3.8, 4) is 0 Å². The van der Waals surface area contributed by atoms with Crippen molar-refractivity contribution < 1.29 is 19.1 Å². The fraction of sp³-hybridized carbons (Fsp3) is 0.500. The van der Waals surface area contributed by atoms with Gasteiger partial charge in [-0.1, -0.05) is 12.1 Å². The lowest BCUT2D eigenvalue weighted by Gasteiger charge is -2.35. The molecule has 2 amide bonds. The van der Waals surface area contributed by atoms with Crippen LogP contribution in [0.1, 0.15) is 10.4 Å². The predicted molar refractivity (Wildman–Crippen MR) is 88.9 cm³/mol. The second kappa shape index (κ2) is 8.90. The first-order valence-electron chi connectivity index (χ1n) is 7.55. The van der Waals surface area contributed by atoms with Crippen molar-refractivity contribution in [2.75, 3.05) is 53.1 Å². The zero-order valence-corrected chi connectivity index (χ0v) is 14.1. The molecule has 1 aliphatic heterocycles. The van der Waals surface area contributed by atoms with E-state index in [0.29, 0.717) is 49.9 Å². The molecule has 1 saturated heterocycles. The third-order valence-corrected chi connectivity index (χ3v) is 4.10. The number of methoxy groups -OCH3 is 1. The summed E-state index contributed by atoms with van der Waals surface area (Å²) in [7, 11) is 1.59. The summed E-state index contributed by atoms with van der Waals surface area (Å²) < 4.78 is 10.1. The van der Waals surface area contributed by atoms with Gasteiger partial charge in [-0.2, -0.15) is 0 Å². The second-order valence-corrected chi connectivity index (χ2v) is 5.72. The molecule has 7 heteroatoms. The Morgan fingerprint density at radius 2 is 1.74 bits per heavy atom. The molecule has 0 bridgehead atoms. The molecule has 23 heavy (non-hydrogen) atoms. The quantitative estimate of drug-likeness (QED) is 0.619. The van der Waals surface area contributed by atoms with E-state index in [1.54, 1.807) is 29.0 Å². The van der Waals surface area contributed by atoms with Crippen LogP contribution in [0.3, 0.4) is 0 Å². The number of hydrogen-bond donors (Lipinski definition) is 1. The van der Waals surface area contributed by atoms with Gasteiger partial charge in [0.05, 0.1) is 18.8 Å². The summed E-state index contributed by atoms with van der Waals surface area (Å²) in [4.78, 5) is 28.6. The highest BCUT2D eigenvalue weighted by Gasteiger charge is 2.25. The van der Waals surface area contributed by atoms with Crippen molar-refractivity contribution in [2.45, 2.75) is 4.90 Å².